The fourth-order valence-corrected chi connectivity index (χ4v) is 2.06. The summed E-state index contributed by atoms with van der Waals surface area (Å²) in [7, 11) is 0. The van der Waals surface area contributed by atoms with E-state index in [0.717, 1.165) is 19.3 Å². The van der Waals surface area contributed by atoms with Gasteiger partial charge in [0.05, 0.1) is 4.92 Å². The summed E-state index contributed by atoms with van der Waals surface area (Å²) in [5.74, 6) is -0.201. The Labute approximate surface area is 125 Å². The van der Waals surface area contributed by atoms with Gasteiger partial charge in [-0.25, -0.2) is 0 Å². The van der Waals surface area contributed by atoms with Gasteiger partial charge in [0, 0.05) is 24.2 Å². The summed E-state index contributed by atoms with van der Waals surface area (Å²) < 4.78 is 0. The molecule has 0 spiro atoms. The number of carbonyl (C=O) groups is 1. The number of anilines is 1. The monoisotopic (exact) mass is 293 g/mol. The molecule has 1 rings (SSSR count). The van der Waals surface area contributed by atoms with Crippen LogP contribution in [0.2, 0.25) is 0 Å². The molecule has 0 aromatic heterocycles. The van der Waals surface area contributed by atoms with E-state index in [-0.39, 0.29) is 17.6 Å². The second-order valence-corrected chi connectivity index (χ2v) is 5.04. The minimum absolute atomic E-state index is 0.0209. The van der Waals surface area contributed by atoms with Crippen LogP contribution in [0.1, 0.15) is 50.4 Å². The topological polar surface area (TPSA) is 84.3 Å². The number of nitrogens with one attached hydrogen (secondary N) is 2. The van der Waals surface area contributed by atoms with Gasteiger partial charge in [-0.05, 0) is 32.4 Å². The van der Waals surface area contributed by atoms with E-state index in [1.807, 2.05) is 13.8 Å². The summed E-state index contributed by atoms with van der Waals surface area (Å²) in [6.07, 6.45) is 3.07. The number of carbonyl (C=O) groups excluding carboxylic acids is 1. The first kappa shape index (κ1) is 16.9. The van der Waals surface area contributed by atoms with Crippen LogP contribution in [-0.2, 0) is 0 Å². The van der Waals surface area contributed by atoms with Crippen molar-refractivity contribution < 1.29 is 9.72 Å². The van der Waals surface area contributed by atoms with E-state index in [9.17, 15) is 14.9 Å². The van der Waals surface area contributed by atoms with E-state index in [4.69, 9.17) is 0 Å². The van der Waals surface area contributed by atoms with Gasteiger partial charge in [-0.1, -0.05) is 19.8 Å². The Balaban J connectivity index is 2.85. The number of hydrogen-bond acceptors (Lipinski definition) is 4. The Morgan fingerprint density at radius 2 is 2.10 bits per heavy atom. The Kier molecular flexibility index (Phi) is 6.65. The molecular weight excluding hydrogens is 270 g/mol. The van der Waals surface area contributed by atoms with E-state index < -0.39 is 4.92 Å². The van der Waals surface area contributed by atoms with Crippen molar-refractivity contribution in [2.75, 3.05) is 11.9 Å². The number of rotatable bonds is 8. The Morgan fingerprint density at radius 1 is 1.38 bits per heavy atom. The van der Waals surface area contributed by atoms with Gasteiger partial charge < -0.3 is 10.6 Å². The third kappa shape index (κ3) is 5.06. The van der Waals surface area contributed by atoms with Crippen LogP contribution in [0.3, 0.4) is 0 Å². The first-order valence-electron chi connectivity index (χ1n) is 7.32. The van der Waals surface area contributed by atoms with Crippen molar-refractivity contribution in [3.8, 4) is 0 Å². The molecule has 0 fully saturated rings. The fraction of sp³-hybridized carbons (Fsp3) is 0.533. The summed E-state index contributed by atoms with van der Waals surface area (Å²) in [5, 5.41) is 16.8. The molecule has 0 aliphatic heterocycles. The van der Waals surface area contributed by atoms with Crippen LogP contribution < -0.4 is 10.6 Å². The Bertz CT molecular complexity index is 503. The van der Waals surface area contributed by atoms with E-state index in [1.54, 1.807) is 0 Å². The minimum Gasteiger partial charge on any atom is -0.380 e. The molecule has 0 saturated carbocycles. The predicted molar refractivity (Wildman–Crippen MR) is 83.7 cm³/mol. The van der Waals surface area contributed by atoms with Crippen LogP contribution in [-0.4, -0.2) is 23.4 Å². The maximum absolute atomic E-state index is 12.1. The molecule has 0 bridgehead atoms. The van der Waals surface area contributed by atoms with Crippen molar-refractivity contribution in [1.82, 2.24) is 5.32 Å². The zero-order valence-electron chi connectivity index (χ0n) is 12.8. The van der Waals surface area contributed by atoms with Gasteiger partial charge in [-0.2, -0.15) is 0 Å². The van der Waals surface area contributed by atoms with Crippen LogP contribution >= 0.6 is 0 Å². The van der Waals surface area contributed by atoms with E-state index in [2.05, 4.69) is 17.6 Å². The maximum atomic E-state index is 12.1. The normalized spacial score (nSPS) is 11.8. The molecule has 1 atom stereocenters. The third-order valence-electron chi connectivity index (χ3n) is 3.19. The third-order valence-corrected chi connectivity index (χ3v) is 3.19. The quantitative estimate of drug-likeness (QED) is 0.568. The minimum atomic E-state index is -0.455. The summed E-state index contributed by atoms with van der Waals surface area (Å²) in [5.41, 5.74) is 0.781. The van der Waals surface area contributed by atoms with Gasteiger partial charge in [0.25, 0.3) is 11.6 Å². The first-order chi connectivity index (χ1) is 9.99. The Hall–Kier alpha value is -2.11. The lowest BCUT2D eigenvalue weighted by atomic mass is 10.1. The van der Waals surface area contributed by atoms with Crippen molar-refractivity contribution in [3.63, 3.8) is 0 Å². The average Bonchev–Trinajstić information content (AvgIpc) is 2.45. The molecule has 0 radical (unpaired) electrons. The molecule has 2 N–H and O–H groups in total. The van der Waals surface area contributed by atoms with Crippen molar-refractivity contribution in [1.29, 1.82) is 0 Å². The number of amides is 1. The van der Waals surface area contributed by atoms with Gasteiger partial charge in [-0.15, -0.1) is 0 Å². The molecule has 1 aromatic carbocycles. The fourth-order valence-electron chi connectivity index (χ4n) is 2.06. The van der Waals surface area contributed by atoms with E-state index in [0.29, 0.717) is 17.8 Å². The molecule has 0 aliphatic rings. The first-order valence-corrected chi connectivity index (χ1v) is 7.32. The molecule has 0 heterocycles. The van der Waals surface area contributed by atoms with Gasteiger partial charge in [0.1, 0.15) is 5.69 Å². The SMILES string of the molecule is CCCCC(C)NC(=O)c1ccc([N+](=O)[O-])c(NCC)c1. The lowest BCUT2D eigenvalue weighted by Crippen LogP contribution is -2.32. The molecule has 6 heteroatoms. The number of benzene rings is 1. The summed E-state index contributed by atoms with van der Waals surface area (Å²) >= 11 is 0. The van der Waals surface area contributed by atoms with Crippen LogP contribution in [0.15, 0.2) is 18.2 Å². The van der Waals surface area contributed by atoms with Crippen molar-refractivity contribution in [3.05, 3.63) is 33.9 Å². The second kappa shape index (κ2) is 8.24. The molecule has 1 amide bonds. The summed E-state index contributed by atoms with van der Waals surface area (Å²) in [4.78, 5) is 22.6. The highest BCUT2D eigenvalue weighted by Crippen LogP contribution is 2.25. The molecule has 0 aliphatic carbocycles. The molecule has 1 unspecified atom stereocenters. The lowest BCUT2D eigenvalue weighted by Gasteiger charge is -2.14. The summed E-state index contributed by atoms with van der Waals surface area (Å²) in [6, 6.07) is 4.48. The van der Waals surface area contributed by atoms with Crippen LogP contribution in [0, 0.1) is 10.1 Å². The zero-order chi connectivity index (χ0) is 15.8. The highest BCUT2D eigenvalue weighted by Gasteiger charge is 2.17. The molecule has 1 aromatic rings. The number of nitro groups is 1. The molecule has 21 heavy (non-hydrogen) atoms. The summed E-state index contributed by atoms with van der Waals surface area (Å²) in [6.45, 7) is 6.47. The van der Waals surface area contributed by atoms with Crippen LogP contribution in [0.4, 0.5) is 11.4 Å². The highest BCUT2D eigenvalue weighted by molar-refractivity contribution is 5.96. The largest absolute Gasteiger partial charge is 0.380 e. The molecule has 0 saturated heterocycles. The number of nitro benzene ring substituents is 1. The highest BCUT2D eigenvalue weighted by atomic mass is 16.6. The molecule has 116 valence electrons. The Morgan fingerprint density at radius 3 is 2.67 bits per heavy atom. The maximum Gasteiger partial charge on any atom is 0.292 e. The number of unbranched alkanes of at least 4 members (excludes halogenated alkanes) is 1. The average molecular weight is 293 g/mol. The van der Waals surface area contributed by atoms with Crippen molar-refractivity contribution in [2.24, 2.45) is 0 Å². The second-order valence-electron chi connectivity index (χ2n) is 5.04. The van der Waals surface area contributed by atoms with Crippen molar-refractivity contribution in [2.45, 2.75) is 46.1 Å². The number of hydrogen-bond donors (Lipinski definition) is 2. The van der Waals surface area contributed by atoms with Crippen molar-refractivity contribution >= 4 is 17.3 Å². The van der Waals surface area contributed by atoms with E-state index in [1.165, 1.54) is 18.2 Å². The standard InChI is InChI=1S/C15H23N3O3/c1-4-6-7-11(3)17-15(19)12-8-9-14(18(20)21)13(10-12)16-5-2/h8-11,16H,4-7H2,1-3H3,(H,17,19). The van der Waals surface area contributed by atoms with Gasteiger partial charge in [-0.3, -0.25) is 14.9 Å². The predicted octanol–water partition coefficient (Wildman–Crippen LogP) is 3.34. The van der Waals surface area contributed by atoms with Gasteiger partial charge in [0.15, 0.2) is 0 Å². The lowest BCUT2D eigenvalue weighted by molar-refractivity contribution is -0.384. The molecular formula is C15H23N3O3. The van der Waals surface area contributed by atoms with E-state index >= 15 is 0 Å². The van der Waals surface area contributed by atoms with Gasteiger partial charge in [0.2, 0.25) is 0 Å². The van der Waals surface area contributed by atoms with Crippen LogP contribution in [0.5, 0.6) is 0 Å². The molecule has 6 nitrogen and oxygen atoms in total. The smallest absolute Gasteiger partial charge is 0.292 e. The zero-order valence-corrected chi connectivity index (χ0v) is 12.8. The van der Waals surface area contributed by atoms with Gasteiger partial charge >= 0.3 is 0 Å². The van der Waals surface area contributed by atoms with Crippen LogP contribution in [0.25, 0.3) is 0 Å². The number of nitrogens with zero attached hydrogens (tertiary/aromatic N) is 1.